The number of unbranched alkanes of at least 4 members (excludes halogenated alkanes) is 42. The largest absolute Gasteiger partial charge is 0.460 e. The molecule has 0 fully saturated rings. The summed E-state index contributed by atoms with van der Waals surface area (Å²) < 4.78 is 17.2. The van der Waals surface area contributed by atoms with E-state index in [0.717, 1.165) is 92.7 Å². The summed E-state index contributed by atoms with van der Waals surface area (Å²) in [5.41, 5.74) is 8.86. The Morgan fingerprint density at radius 3 is 0.955 bits per heavy atom. The minimum Gasteiger partial charge on any atom is -0.460 e. The van der Waals surface area contributed by atoms with Crippen LogP contribution in [0.2, 0.25) is 0 Å². The lowest BCUT2D eigenvalue weighted by Crippen LogP contribution is -2.06. The Morgan fingerprint density at radius 2 is 0.598 bits per heavy atom. The number of thiazole rings is 2. The van der Waals surface area contributed by atoms with Crippen molar-refractivity contribution in [3.8, 4) is 51.5 Å². The molecular formula is C100H146N2O4S6. The van der Waals surface area contributed by atoms with Crippen LogP contribution in [0.15, 0.2) is 84.9 Å². The third-order valence-electron chi connectivity index (χ3n) is 23.5. The van der Waals surface area contributed by atoms with Crippen molar-refractivity contribution >= 4 is 110 Å². The van der Waals surface area contributed by atoms with E-state index in [4.69, 9.17) is 19.4 Å². The van der Waals surface area contributed by atoms with Gasteiger partial charge in [0, 0.05) is 49.8 Å². The molecule has 6 aromatic heterocycles. The first-order chi connectivity index (χ1) is 55.2. The van der Waals surface area contributed by atoms with Gasteiger partial charge in [0.2, 0.25) is 10.0 Å². The zero-order valence-corrected chi connectivity index (χ0v) is 75.7. The Bertz CT molecular complexity index is 3870. The van der Waals surface area contributed by atoms with Gasteiger partial charge in [0.25, 0.3) is 0 Å². The van der Waals surface area contributed by atoms with Crippen LogP contribution >= 0.6 is 68.0 Å². The Balaban J connectivity index is 1.18. The molecular weight excluding hydrogens is 1490 g/mol. The molecule has 616 valence electrons. The molecule has 9 rings (SSSR count). The van der Waals surface area contributed by atoms with E-state index in [9.17, 15) is 0 Å². The van der Waals surface area contributed by atoms with Crippen LogP contribution in [0.1, 0.15) is 406 Å². The van der Waals surface area contributed by atoms with Gasteiger partial charge in [0.1, 0.15) is 0 Å². The van der Waals surface area contributed by atoms with Gasteiger partial charge in [-0.1, -0.05) is 423 Å². The maximum absolute atomic E-state index is 15.0. The van der Waals surface area contributed by atoms with Crippen LogP contribution < -0.4 is 0 Å². The van der Waals surface area contributed by atoms with Crippen molar-refractivity contribution in [1.82, 2.24) is 9.97 Å². The number of hydrogen-bond acceptors (Lipinski definition) is 12. The predicted molar refractivity (Wildman–Crippen MR) is 498 cm³/mol. The number of aromatic nitrogens is 2. The van der Waals surface area contributed by atoms with Gasteiger partial charge in [0.05, 0.1) is 33.6 Å². The second-order valence-electron chi connectivity index (χ2n) is 33.2. The number of benzene rings is 3. The molecule has 2 unspecified atom stereocenters. The summed E-state index contributed by atoms with van der Waals surface area (Å²) in [6.07, 6.45) is 68.0. The lowest BCUT2D eigenvalue weighted by atomic mass is 9.88. The van der Waals surface area contributed by atoms with Gasteiger partial charge in [-0.3, -0.25) is 0 Å². The molecule has 6 heterocycles. The normalized spacial score (nSPS) is 12.4. The highest BCUT2D eigenvalue weighted by molar-refractivity contribution is 7.33. The van der Waals surface area contributed by atoms with Crippen LogP contribution in [0.5, 0.6) is 0 Å². The summed E-state index contributed by atoms with van der Waals surface area (Å²) in [6.45, 7) is 14.6. The van der Waals surface area contributed by atoms with E-state index < -0.39 is 0 Å². The first kappa shape index (κ1) is 91.3. The molecule has 0 bridgehead atoms. The topological polar surface area (TPSA) is 78.4 Å². The smallest absolute Gasteiger partial charge is 0.367 e. The lowest BCUT2D eigenvalue weighted by Gasteiger charge is -2.18. The fourth-order valence-corrected chi connectivity index (χ4v) is 24.0. The number of thiophene rings is 4. The molecule has 0 aliphatic rings. The molecule has 0 aliphatic heterocycles. The Kier molecular flexibility index (Phi) is 44.4. The number of fused-ring (bicyclic) bond motifs is 3. The van der Waals surface area contributed by atoms with Gasteiger partial charge in [-0.05, 0) is 84.0 Å². The highest BCUT2D eigenvalue weighted by Crippen LogP contribution is 2.55. The Labute approximate surface area is 704 Å². The van der Waals surface area contributed by atoms with E-state index in [2.05, 4.69) is 126 Å². The van der Waals surface area contributed by atoms with Gasteiger partial charge >= 0.3 is 11.9 Å². The quantitative estimate of drug-likeness (QED) is 0.0279. The third-order valence-corrected chi connectivity index (χ3v) is 30.6. The summed E-state index contributed by atoms with van der Waals surface area (Å²) in [6, 6.07) is 32.0. The van der Waals surface area contributed by atoms with Gasteiger partial charge in [-0.2, -0.15) is 0 Å². The Morgan fingerprint density at radius 1 is 0.304 bits per heavy atom. The summed E-state index contributed by atoms with van der Waals surface area (Å²) in [4.78, 5) is 48.9. The van der Waals surface area contributed by atoms with Crippen LogP contribution in [0.25, 0.3) is 81.3 Å². The Hall–Kier alpha value is -4.56. The molecule has 0 radical (unpaired) electrons. The van der Waals surface area contributed by atoms with Crippen LogP contribution in [-0.2, 0) is 22.3 Å². The number of rotatable bonds is 65. The first-order valence-corrected chi connectivity index (χ1v) is 51.2. The van der Waals surface area contributed by atoms with Gasteiger partial charge in [0.15, 0.2) is 0 Å². The number of carbonyl (C=O) groups is 2. The summed E-state index contributed by atoms with van der Waals surface area (Å²) in [5, 5.41) is 0.772. The highest BCUT2D eigenvalue weighted by Gasteiger charge is 2.32. The van der Waals surface area contributed by atoms with Crippen LogP contribution in [0, 0.1) is 11.8 Å². The van der Waals surface area contributed by atoms with E-state index >= 15 is 9.59 Å². The molecule has 12 heteroatoms. The zero-order chi connectivity index (χ0) is 78.4. The van der Waals surface area contributed by atoms with Gasteiger partial charge in [-0.25, -0.2) is 19.6 Å². The first-order valence-electron chi connectivity index (χ1n) is 46.3. The number of esters is 2. The molecule has 0 spiro atoms. The second kappa shape index (κ2) is 54.4. The molecule has 0 N–H and O–H groups in total. The van der Waals surface area contributed by atoms with Crippen LogP contribution in [0.4, 0.5) is 0 Å². The minimum absolute atomic E-state index is 0.350. The minimum atomic E-state index is -0.350. The number of ether oxygens (including phenoxy) is 2. The summed E-state index contributed by atoms with van der Waals surface area (Å²) >= 11 is 10.6. The van der Waals surface area contributed by atoms with Crippen molar-refractivity contribution < 1.29 is 19.1 Å². The van der Waals surface area contributed by atoms with Crippen molar-refractivity contribution in [2.45, 2.75) is 388 Å². The monoisotopic (exact) mass is 1630 g/mol. The van der Waals surface area contributed by atoms with E-state index in [0.29, 0.717) is 35.1 Å². The number of hydrogen-bond donors (Lipinski definition) is 0. The predicted octanol–water partition coefficient (Wildman–Crippen LogP) is 35.7. The molecule has 3 aromatic carbocycles. The molecule has 6 nitrogen and oxygen atoms in total. The van der Waals surface area contributed by atoms with Crippen molar-refractivity contribution in [2.24, 2.45) is 11.8 Å². The van der Waals surface area contributed by atoms with Gasteiger partial charge in [-0.15, -0.1) is 68.0 Å². The molecule has 2 atom stereocenters. The van der Waals surface area contributed by atoms with Crippen molar-refractivity contribution in [2.75, 3.05) is 13.2 Å². The molecule has 0 saturated carbocycles. The highest BCUT2D eigenvalue weighted by atomic mass is 32.1. The molecule has 112 heavy (non-hydrogen) atoms. The van der Waals surface area contributed by atoms with Crippen molar-refractivity contribution in [3.05, 3.63) is 106 Å². The molecule has 9 aromatic rings. The van der Waals surface area contributed by atoms with E-state index in [-0.39, 0.29) is 11.9 Å². The lowest BCUT2D eigenvalue weighted by molar-refractivity contribution is 0.0488. The standard InChI is InChI=1S/C100H146N2O4S6/c1-7-13-19-25-31-35-37-41-47-59-69-105-99(103)97-101-91-89(86-73-81(93(109-86)80-67-57-50-58-68-80)71-77(61-51-43-29-23-17-11-5)62-53-45-39-33-27-21-15-9-3)95-92(102-98(111-95)100(104)106-70-60-48-42-38-36-32-26-20-14-8-2)90(96(91)112-97)87-74-82(72-78(63-52-44-30-24-18-12-6)64-54-46-40-34-28-22-16-10-4)94(110-87)88-76-85-84(108-88)75-83(107-85)79-65-55-49-56-66-79/h49-50,55-58,65-68,73-78H,7-48,51-54,59-64,69-72H2,1-6H3. The van der Waals surface area contributed by atoms with Crippen LogP contribution in [0.3, 0.4) is 0 Å². The van der Waals surface area contributed by atoms with Crippen molar-refractivity contribution in [1.29, 1.82) is 0 Å². The molecule has 0 amide bonds. The summed E-state index contributed by atoms with van der Waals surface area (Å²) in [5.74, 6) is 0.413. The second-order valence-corrected chi connectivity index (χ2v) is 39.4. The van der Waals surface area contributed by atoms with Crippen LogP contribution in [-0.4, -0.2) is 35.1 Å². The fourth-order valence-electron chi connectivity index (χ4n) is 16.8. The molecule has 0 saturated heterocycles. The number of carbonyl (C=O) groups excluding carboxylic acids is 2. The maximum atomic E-state index is 15.0. The number of nitrogens with zero attached hydrogens (tertiary/aromatic N) is 2. The third kappa shape index (κ3) is 30.7. The zero-order valence-electron chi connectivity index (χ0n) is 70.8. The maximum Gasteiger partial charge on any atom is 0.367 e. The average molecular weight is 1630 g/mol. The summed E-state index contributed by atoms with van der Waals surface area (Å²) in [7, 11) is 0. The van der Waals surface area contributed by atoms with E-state index in [1.807, 2.05) is 45.3 Å². The van der Waals surface area contributed by atoms with Gasteiger partial charge < -0.3 is 9.47 Å². The SMILES string of the molecule is CCCCCCCCCCCCOC(=O)c1nc2c(-c3cc(CC(CCCCCCCC)CCCCCCCCCC)c(-c4cc5sc(-c6ccccc6)cc5s4)s3)c3sc(C(=O)OCCCCCCCCCCCC)nc3c(-c3cc(CC(CCCCCCCC)CCCCCCCCCC)c(-c4ccccc4)s3)c2s1. The van der Waals surface area contributed by atoms with E-state index in [1.165, 1.54) is 369 Å². The average Bonchev–Trinajstić information content (AvgIpc) is 1.55. The fraction of sp³-hybridized carbons (Fsp3) is 0.640. The van der Waals surface area contributed by atoms with Crippen molar-refractivity contribution in [3.63, 3.8) is 0 Å². The van der Waals surface area contributed by atoms with E-state index in [1.54, 1.807) is 0 Å². The molecule has 0 aliphatic carbocycles.